The summed E-state index contributed by atoms with van der Waals surface area (Å²) in [6.07, 6.45) is 7.16. The van der Waals surface area contributed by atoms with Crippen LogP contribution in [0.25, 0.3) is 11.1 Å². The topological polar surface area (TPSA) is 0 Å². The van der Waals surface area contributed by atoms with E-state index in [9.17, 15) is 0 Å². The van der Waals surface area contributed by atoms with Crippen molar-refractivity contribution in [3.63, 3.8) is 0 Å². The van der Waals surface area contributed by atoms with Gasteiger partial charge in [0.1, 0.15) is 0 Å². The SMILES string of the molecule is CC(C)(C)C1=CCC(CC2c3cc(C(C)(C)C)ccc3-c3ccc(C(C)(C)C)cc32)=C1. The van der Waals surface area contributed by atoms with Gasteiger partial charge in [0.2, 0.25) is 0 Å². The Morgan fingerprint density at radius 3 is 1.55 bits per heavy atom. The van der Waals surface area contributed by atoms with Gasteiger partial charge >= 0.3 is 0 Å². The van der Waals surface area contributed by atoms with Gasteiger partial charge < -0.3 is 0 Å². The van der Waals surface area contributed by atoms with Crippen molar-refractivity contribution in [1.29, 1.82) is 0 Å². The van der Waals surface area contributed by atoms with Crippen molar-refractivity contribution in [1.82, 2.24) is 0 Å². The Kier molecular flexibility index (Phi) is 5.16. The van der Waals surface area contributed by atoms with Crippen LogP contribution < -0.4 is 0 Å². The van der Waals surface area contributed by atoms with Crippen molar-refractivity contribution in [2.45, 2.75) is 91.9 Å². The molecule has 0 heterocycles. The molecular weight excluding hydrogens is 372 g/mol. The second-order valence-corrected chi connectivity index (χ2v) is 12.8. The van der Waals surface area contributed by atoms with Gasteiger partial charge in [-0.3, -0.25) is 0 Å². The zero-order chi connectivity index (χ0) is 22.8. The van der Waals surface area contributed by atoms with Gasteiger partial charge in [-0.15, -0.1) is 0 Å². The van der Waals surface area contributed by atoms with Crippen LogP contribution >= 0.6 is 0 Å². The van der Waals surface area contributed by atoms with E-state index in [4.69, 9.17) is 0 Å². The maximum atomic E-state index is 2.50. The van der Waals surface area contributed by atoms with Gasteiger partial charge in [-0.25, -0.2) is 0 Å². The third kappa shape index (κ3) is 4.19. The lowest BCUT2D eigenvalue weighted by molar-refractivity contribution is 0.517. The minimum atomic E-state index is 0.165. The monoisotopic (exact) mass is 412 g/mol. The predicted octanol–water partition coefficient (Wildman–Crippen LogP) is 9.09. The van der Waals surface area contributed by atoms with Crippen molar-refractivity contribution >= 4 is 0 Å². The van der Waals surface area contributed by atoms with E-state index in [0.717, 1.165) is 12.8 Å². The number of benzene rings is 2. The van der Waals surface area contributed by atoms with Crippen LogP contribution in [0.3, 0.4) is 0 Å². The molecule has 2 aliphatic rings. The van der Waals surface area contributed by atoms with E-state index in [2.05, 4.69) is 111 Å². The quantitative estimate of drug-likeness (QED) is 0.461. The average molecular weight is 413 g/mol. The Morgan fingerprint density at radius 1 is 0.677 bits per heavy atom. The molecule has 0 nitrogen and oxygen atoms in total. The molecule has 0 saturated heterocycles. The fourth-order valence-corrected chi connectivity index (χ4v) is 5.02. The lowest BCUT2D eigenvalue weighted by Gasteiger charge is -2.23. The van der Waals surface area contributed by atoms with Crippen LogP contribution in [0.2, 0.25) is 0 Å². The van der Waals surface area contributed by atoms with Gasteiger partial charge in [0.05, 0.1) is 0 Å². The van der Waals surface area contributed by atoms with E-state index >= 15 is 0 Å². The molecule has 2 aromatic rings. The summed E-state index contributed by atoms with van der Waals surface area (Å²) in [7, 11) is 0. The zero-order valence-electron chi connectivity index (χ0n) is 21.1. The summed E-state index contributed by atoms with van der Waals surface area (Å²) in [4.78, 5) is 0. The molecule has 164 valence electrons. The standard InChI is InChI=1S/C31H40/c1-29(2,3)21-11-10-20(16-21)17-26-27-18-22(30(4,5)6)12-14-24(27)25-15-13-23(19-28(25)26)31(7,8)9/h11-16,18-19,26H,10,17H2,1-9H3. The molecule has 0 fully saturated rings. The molecule has 0 aliphatic heterocycles. The first-order valence-corrected chi connectivity index (χ1v) is 11.9. The molecule has 0 bridgehead atoms. The molecule has 31 heavy (non-hydrogen) atoms. The molecule has 0 aromatic heterocycles. The summed E-state index contributed by atoms with van der Waals surface area (Å²) in [5, 5.41) is 0. The molecule has 0 heteroatoms. The average Bonchev–Trinajstić information content (AvgIpc) is 3.23. The van der Waals surface area contributed by atoms with Crippen LogP contribution in [0.5, 0.6) is 0 Å². The number of allylic oxidation sites excluding steroid dienone is 4. The van der Waals surface area contributed by atoms with Crippen LogP contribution in [0.15, 0.2) is 59.7 Å². The molecule has 0 N–H and O–H groups in total. The van der Waals surface area contributed by atoms with E-state index in [0.29, 0.717) is 5.92 Å². The fraction of sp³-hybridized carbons (Fsp3) is 0.484. The van der Waals surface area contributed by atoms with E-state index in [1.54, 1.807) is 5.57 Å². The third-order valence-corrected chi connectivity index (χ3v) is 7.15. The van der Waals surface area contributed by atoms with Crippen LogP contribution in [0.4, 0.5) is 0 Å². The second-order valence-electron chi connectivity index (χ2n) is 12.8. The summed E-state index contributed by atoms with van der Waals surface area (Å²) in [5.74, 6) is 0.452. The van der Waals surface area contributed by atoms with Crippen LogP contribution in [0, 0.1) is 5.41 Å². The highest BCUT2D eigenvalue weighted by Crippen LogP contribution is 2.50. The largest absolute Gasteiger partial charge is 0.0767 e. The molecule has 0 unspecified atom stereocenters. The lowest BCUT2D eigenvalue weighted by Crippen LogP contribution is -2.12. The van der Waals surface area contributed by atoms with Crippen molar-refractivity contribution < 1.29 is 0 Å². The van der Waals surface area contributed by atoms with Gasteiger partial charge in [0, 0.05) is 5.92 Å². The fourth-order valence-electron chi connectivity index (χ4n) is 5.02. The molecule has 0 radical (unpaired) electrons. The first-order chi connectivity index (χ1) is 14.2. The molecule has 0 spiro atoms. The Labute approximate surface area is 190 Å². The molecule has 0 amide bonds. The molecule has 2 aliphatic carbocycles. The van der Waals surface area contributed by atoms with Crippen LogP contribution in [0.1, 0.15) is 103 Å². The number of fused-ring (bicyclic) bond motifs is 3. The van der Waals surface area contributed by atoms with Gasteiger partial charge in [0.25, 0.3) is 0 Å². The Morgan fingerprint density at radius 2 is 1.16 bits per heavy atom. The predicted molar refractivity (Wildman–Crippen MR) is 136 cm³/mol. The number of rotatable bonds is 2. The normalized spacial score (nSPS) is 16.8. The van der Waals surface area contributed by atoms with Crippen molar-refractivity contribution in [2.24, 2.45) is 5.41 Å². The first kappa shape index (κ1) is 22.1. The van der Waals surface area contributed by atoms with Crippen LogP contribution in [-0.2, 0) is 10.8 Å². The first-order valence-electron chi connectivity index (χ1n) is 11.9. The van der Waals surface area contributed by atoms with Crippen molar-refractivity contribution in [3.8, 4) is 11.1 Å². The van der Waals surface area contributed by atoms with Crippen LogP contribution in [-0.4, -0.2) is 0 Å². The van der Waals surface area contributed by atoms with E-state index in [1.807, 2.05) is 0 Å². The van der Waals surface area contributed by atoms with Gasteiger partial charge in [0.15, 0.2) is 0 Å². The maximum Gasteiger partial charge on any atom is 0.0139 e. The van der Waals surface area contributed by atoms with E-state index in [1.165, 1.54) is 39.0 Å². The summed E-state index contributed by atoms with van der Waals surface area (Å²) in [6, 6.07) is 14.5. The highest BCUT2D eigenvalue weighted by atomic mass is 14.4. The van der Waals surface area contributed by atoms with Gasteiger partial charge in [-0.2, -0.15) is 0 Å². The maximum absolute atomic E-state index is 2.50. The Hall–Kier alpha value is -2.08. The second kappa shape index (κ2) is 7.22. The molecule has 0 saturated carbocycles. The Balaban J connectivity index is 1.80. The molecule has 4 rings (SSSR count). The van der Waals surface area contributed by atoms with Gasteiger partial charge in [-0.05, 0) is 68.0 Å². The molecule has 0 atom stereocenters. The highest BCUT2D eigenvalue weighted by Gasteiger charge is 2.32. The minimum Gasteiger partial charge on any atom is -0.0767 e. The van der Waals surface area contributed by atoms with Crippen molar-refractivity contribution in [2.75, 3.05) is 0 Å². The van der Waals surface area contributed by atoms with Crippen molar-refractivity contribution in [3.05, 3.63) is 82.0 Å². The summed E-state index contributed by atoms with van der Waals surface area (Å²) in [6.45, 7) is 20.9. The summed E-state index contributed by atoms with van der Waals surface area (Å²) >= 11 is 0. The highest BCUT2D eigenvalue weighted by molar-refractivity contribution is 5.80. The smallest absolute Gasteiger partial charge is 0.0139 e. The van der Waals surface area contributed by atoms with Gasteiger partial charge in [-0.1, -0.05) is 116 Å². The third-order valence-electron chi connectivity index (χ3n) is 7.15. The zero-order valence-corrected chi connectivity index (χ0v) is 21.1. The number of hydrogen-bond acceptors (Lipinski definition) is 0. The molecule has 2 aromatic carbocycles. The number of hydrogen-bond donors (Lipinski definition) is 0. The van der Waals surface area contributed by atoms with E-state index in [-0.39, 0.29) is 16.2 Å². The summed E-state index contributed by atoms with van der Waals surface area (Å²) in [5.41, 5.74) is 12.4. The Bertz CT molecular complexity index is 1000. The lowest BCUT2D eigenvalue weighted by atomic mass is 9.81. The van der Waals surface area contributed by atoms with E-state index < -0.39 is 0 Å². The molecular formula is C31H40. The minimum absolute atomic E-state index is 0.165. The summed E-state index contributed by atoms with van der Waals surface area (Å²) < 4.78 is 0.